The second-order valence-corrected chi connectivity index (χ2v) is 5.92. The third-order valence-electron chi connectivity index (χ3n) is 2.58. The van der Waals surface area contributed by atoms with Gasteiger partial charge in [0.25, 0.3) is 0 Å². The zero-order valence-corrected chi connectivity index (χ0v) is 10.8. The SMILES string of the molecule is Cc1ccc(NC(=O)[C@@H]2CC2(Cl)Cl)cc1Cl. The first-order chi connectivity index (χ1) is 7.40. The monoisotopic (exact) mass is 277 g/mol. The van der Waals surface area contributed by atoms with Crippen LogP contribution in [0.3, 0.4) is 0 Å². The Hall–Kier alpha value is -0.440. The second kappa shape index (κ2) is 4.10. The molecule has 0 aliphatic heterocycles. The zero-order valence-electron chi connectivity index (χ0n) is 8.56. The Labute approximate surface area is 109 Å². The molecule has 16 heavy (non-hydrogen) atoms. The van der Waals surface area contributed by atoms with Crippen LogP contribution in [0.25, 0.3) is 0 Å². The van der Waals surface area contributed by atoms with Crippen LogP contribution in [-0.4, -0.2) is 10.2 Å². The van der Waals surface area contributed by atoms with Crippen LogP contribution in [0.2, 0.25) is 5.02 Å². The van der Waals surface area contributed by atoms with Gasteiger partial charge in [-0.3, -0.25) is 4.79 Å². The predicted molar refractivity (Wildman–Crippen MR) is 67.4 cm³/mol. The summed E-state index contributed by atoms with van der Waals surface area (Å²) < 4.78 is -0.890. The number of carbonyl (C=O) groups is 1. The summed E-state index contributed by atoms with van der Waals surface area (Å²) >= 11 is 17.6. The Morgan fingerprint density at radius 2 is 2.12 bits per heavy atom. The van der Waals surface area contributed by atoms with Crippen LogP contribution in [0.15, 0.2) is 18.2 Å². The summed E-state index contributed by atoms with van der Waals surface area (Å²) in [6.45, 7) is 1.90. The summed E-state index contributed by atoms with van der Waals surface area (Å²) in [6, 6.07) is 5.35. The molecule has 1 aliphatic carbocycles. The van der Waals surface area contributed by atoms with Crippen LogP contribution in [0.4, 0.5) is 5.69 Å². The van der Waals surface area contributed by atoms with Crippen LogP contribution in [-0.2, 0) is 4.79 Å². The fourth-order valence-corrected chi connectivity index (χ4v) is 2.09. The van der Waals surface area contributed by atoms with Crippen molar-refractivity contribution in [3.63, 3.8) is 0 Å². The molecular formula is C11H10Cl3NO. The smallest absolute Gasteiger partial charge is 0.230 e. The minimum atomic E-state index is -0.890. The van der Waals surface area contributed by atoms with Gasteiger partial charge in [0.15, 0.2) is 0 Å². The van der Waals surface area contributed by atoms with Gasteiger partial charge in [0.1, 0.15) is 4.33 Å². The minimum absolute atomic E-state index is 0.162. The number of benzene rings is 1. The van der Waals surface area contributed by atoms with Gasteiger partial charge in [0.2, 0.25) is 5.91 Å². The molecule has 86 valence electrons. The van der Waals surface area contributed by atoms with Gasteiger partial charge < -0.3 is 5.32 Å². The number of hydrogen-bond donors (Lipinski definition) is 1. The molecule has 1 N–H and O–H groups in total. The first kappa shape index (κ1) is 12.0. The lowest BCUT2D eigenvalue weighted by Crippen LogP contribution is -2.16. The molecule has 1 atom stereocenters. The number of alkyl halides is 2. The molecule has 0 aromatic heterocycles. The van der Waals surface area contributed by atoms with Crippen molar-refractivity contribution in [2.24, 2.45) is 5.92 Å². The number of carbonyl (C=O) groups excluding carboxylic acids is 1. The van der Waals surface area contributed by atoms with Crippen molar-refractivity contribution in [3.05, 3.63) is 28.8 Å². The van der Waals surface area contributed by atoms with Crippen molar-refractivity contribution in [2.45, 2.75) is 17.7 Å². The minimum Gasteiger partial charge on any atom is -0.326 e. The van der Waals surface area contributed by atoms with Gasteiger partial charge in [-0.15, -0.1) is 23.2 Å². The van der Waals surface area contributed by atoms with E-state index in [9.17, 15) is 4.79 Å². The van der Waals surface area contributed by atoms with E-state index < -0.39 is 4.33 Å². The third-order valence-corrected chi connectivity index (χ3v) is 3.82. The van der Waals surface area contributed by atoms with E-state index >= 15 is 0 Å². The summed E-state index contributed by atoms with van der Waals surface area (Å²) in [6.07, 6.45) is 0.502. The quantitative estimate of drug-likeness (QED) is 0.820. The van der Waals surface area contributed by atoms with Gasteiger partial charge >= 0.3 is 0 Å². The first-order valence-electron chi connectivity index (χ1n) is 4.85. The topological polar surface area (TPSA) is 29.1 Å². The summed E-state index contributed by atoms with van der Waals surface area (Å²) in [5, 5.41) is 3.36. The Bertz CT molecular complexity index is 445. The summed E-state index contributed by atoms with van der Waals surface area (Å²) in [4.78, 5) is 11.7. The normalized spacial score (nSPS) is 21.6. The second-order valence-electron chi connectivity index (χ2n) is 3.97. The van der Waals surface area contributed by atoms with Crippen LogP contribution in [0, 0.1) is 12.8 Å². The fraction of sp³-hybridized carbons (Fsp3) is 0.364. The number of aryl methyl sites for hydroxylation is 1. The average molecular weight is 279 g/mol. The maximum atomic E-state index is 11.7. The molecule has 0 radical (unpaired) electrons. The van der Waals surface area contributed by atoms with Gasteiger partial charge in [0.05, 0.1) is 5.92 Å². The molecule has 0 heterocycles. The van der Waals surface area contributed by atoms with Gasteiger partial charge in [-0.2, -0.15) is 0 Å². The van der Waals surface area contributed by atoms with E-state index in [4.69, 9.17) is 34.8 Å². The van der Waals surface area contributed by atoms with E-state index in [0.29, 0.717) is 17.1 Å². The van der Waals surface area contributed by atoms with E-state index in [1.807, 2.05) is 13.0 Å². The Balaban J connectivity index is 2.05. The van der Waals surface area contributed by atoms with E-state index in [1.165, 1.54) is 0 Å². The van der Waals surface area contributed by atoms with Crippen LogP contribution in [0.1, 0.15) is 12.0 Å². The van der Waals surface area contributed by atoms with Crippen molar-refractivity contribution in [1.29, 1.82) is 0 Å². The molecule has 1 amide bonds. The van der Waals surface area contributed by atoms with Gasteiger partial charge in [-0.1, -0.05) is 17.7 Å². The Morgan fingerprint density at radius 3 is 2.62 bits per heavy atom. The highest BCUT2D eigenvalue weighted by atomic mass is 35.5. The maximum absolute atomic E-state index is 11.7. The number of amides is 1. The Kier molecular flexibility index (Phi) is 3.08. The molecule has 0 spiro atoms. The fourth-order valence-electron chi connectivity index (χ4n) is 1.40. The highest BCUT2D eigenvalue weighted by Crippen LogP contribution is 2.53. The third kappa shape index (κ3) is 2.45. The first-order valence-corrected chi connectivity index (χ1v) is 5.98. The Morgan fingerprint density at radius 1 is 1.50 bits per heavy atom. The van der Waals surface area contributed by atoms with Gasteiger partial charge in [-0.05, 0) is 31.0 Å². The van der Waals surface area contributed by atoms with Gasteiger partial charge in [-0.25, -0.2) is 0 Å². The molecule has 0 saturated heterocycles. The largest absolute Gasteiger partial charge is 0.326 e. The zero-order chi connectivity index (χ0) is 11.9. The summed E-state index contributed by atoms with van der Waals surface area (Å²) in [7, 11) is 0. The summed E-state index contributed by atoms with van der Waals surface area (Å²) in [5.74, 6) is -0.485. The van der Waals surface area contributed by atoms with Crippen molar-refractivity contribution >= 4 is 46.4 Å². The molecule has 1 saturated carbocycles. The molecule has 0 bridgehead atoms. The lowest BCUT2D eigenvalue weighted by molar-refractivity contribution is -0.117. The van der Waals surface area contributed by atoms with E-state index in [1.54, 1.807) is 12.1 Å². The number of hydrogen-bond acceptors (Lipinski definition) is 1. The van der Waals surface area contributed by atoms with Crippen LogP contribution in [0.5, 0.6) is 0 Å². The highest BCUT2D eigenvalue weighted by molar-refractivity contribution is 6.52. The number of anilines is 1. The van der Waals surface area contributed by atoms with Crippen molar-refractivity contribution < 1.29 is 4.79 Å². The molecular weight excluding hydrogens is 268 g/mol. The lowest BCUT2D eigenvalue weighted by Gasteiger charge is -2.06. The standard InChI is InChI=1S/C11H10Cl3NO/c1-6-2-3-7(4-9(6)12)15-10(16)8-5-11(8,13)14/h2-4,8H,5H2,1H3,(H,15,16)/t8-/m0/s1. The number of rotatable bonds is 2. The molecule has 1 aromatic rings. The van der Waals surface area contributed by atoms with Crippen LogP contribution < -0.4 is 5.32 Å². The van der Waals surface area contributed by atoms with E-state index in [2.05, 4.69) is 5.32 Å². The molecule has 0 unspecified atom stereocenters. The molecule has 2 nitrogen and oxygen atoms in total. The van der Waals surface area contributed by atoms with E-state index in [0.717, 1.165) is 5.56 Å². The molecule has 1 aromatic carbocycles. The van der Waals surface area contributed by atoms with Crippen molar-refractivity contribution in [3.8, 4) is 0 Å². The number of nitrogens with one attached hydrogen (secondary N) is 1. The average Bonchev–Trinajstić information content (AvgIpc) is 2.82. The molecule has 1 fully saturated rings. The van der Waals surface area contributed by atoms with Crippen LogP contribution >= 0.6 is 34.8 Å². The lowest BCUT2D eigenvalue weighted by atomic mass is 10.2. The molecule has 1 aliphatic rings. The molecule has 2 rings (SSSR count). The summed E-state index contributed by atoms with van der Waals surface area (Å²) in [5.41, 5.74) is 1.63. The number of halogens is 3. The predicted octanol–water partition coefficient (Wildman–Crippen LogP) is 3.78. The molecule has 5 heteroatoms. The van der Waals surface area contributed by atoms with Crippen molar-refractivity contribution in [2.75, 3.05) is 5.32 Å². The van der Waals surface area contributed by atoms with E-state index in [-0.39, 0.29) is 11.8 Å². The van der Waals surface area contributed by atoms with Crippen molar-refractivity contribution in [1.82, 2.24) is 0 Å². The highest BCUT2D eigenvalue weighted by Gasteiger charge is 2.56. The maximum Gasteiger partial charge on any atom is 0.230 e. The van der Waals surface area contributed by atoms with Gasteiger partial charge in [0, 0.05) is 10.7 Å².